The van der Waals surface area contributed by atoms with Gasteiger partial charge in [-0.2, -0.15) is 0 Å². The number of benzene rings is 1. The molecule has 0 bridgehead atoms. The molecule has 0 spiro atoms. The Bertz CT molecular complexity index is 356. The van der Waals surface area contributed by atoms with Crippen LogP contribution in [0.1, 0.15) is 18.4 Å². The van der Waals surface area contributed by atoms with Crippen LogP contribution in [0, 0.1) is 0 Å². The summed E-state index contributed by atoms with van der Waals surface area (Å²) in [4.78, 5) is 4.87. The van der Waals surface area contributed by atoms with Gasteiger partial charge in [-0.1, -0.05) is 12.1 Å². The molecule has 1 fully saturated rings. The molecule has 1 aromatic rings. The number of anilines is 1. The fourth-order valence-corrected chi connectivity index (χ4v) is 2.54. The molecule has 0 saturated carbocycles. The third-order valence-electron chi connectivity index (χ3n) is 3.69. The third-order valence-corrected chi connectivity index (χ3v) is 3.69. The van der Waals surface area contributed by atoms with E-state index in [1.807, 2.05) is 12.1 Å². The SMILES string of the molecule is CN1CCC(N(C)Cc2cccc(N)c2)CC1. The minimum atomic E-state index is 0.715. The van der Waals surface area contributed by atoms with Crippen LogP contribution in [0.25, 0.3) is 0 Å². The Kier molecular flexibility index (Phi) is 4.02. The Morgan fingerprint density at radius 2 is 2.06 bits per heavy atom. The number of nitrogens with two attached hydrogens (primary N) is 1. The molecule has 1 saturated heterocycles. The van der Waals surface area contributed by atoms with Gasteiger partial charge in [-0.25, -0.2) is 0 Å². The highest BCUT2D eigenvalue weighted by molar-refractivity contribution is 5.40. The van der Waals surface area contributed by atoms with Gasteiger partial charge in [-0.05, 0) is 57.7 Å². The maximum atomic E-state index is 5.81. The van der Waals surface area contributed by atoms with Crippen LogP contribution in [-0.2, 0) is 6.54 Å². The minimum absolute atomic E-state index is 0.715. The molecule has 1 aliphatic heterocycles. The molecule has 0 atom stereocenters. The van der Waals surface area contributed by atoms with Crippen LogP contribution in [0.5, 0.6) is 0 Å². The van der Waals surface area contributed by atoms with Gasteiger partial charge in [0.15, 0.2) is 0 Å². The largest absolute Gasteiger partial charge is 0.399 e. The van der Waals surface area contributed by atoms with Crippen molar-refractivity contribution in [2.45, 2.75) is 25.4 Å². The summed E-state index contributed by atoms with van der Waals surface area (Å²) in [6.45, 7) is 3.43. The molecule has 2 rings (SSSR count). The smallest absolute Gasteiger partial charge is 0.0317 e. The fraction of sp³-hybridized carbons (Fsp3) is 0.571. The van der Waals surface area contributed by atoms with Crippen molar-refractivity contribution in [3.05, 3.63) is 29.8 Å². The topological polar surface area (TPSA) is 32.5 Å². The van der Waals surface area contributed by atoms with Gasteiger partial charge in [0.1, 0.15) is 0 Å². The summed E-state index contributed by atoms with van der Waals surface area (Å²) < 4.78 is 0. The van der Waals surface area contributed by atoms with E-state index in [0.717, 1.165) is 12.2 Å². The fourth-order valence-electron chi connectivity index (χ4n) is 2.54. The number of rotatable bonds is 3. The zero-order chi connectivity index (χ0) is 12.3. The summed E-state index contributed by atoms with van der Waals surface area (Å²) in [6.07, 6.45) is 2.55. The van der Waals surface area contributed by atoms with Gasteiger partial charge in [0, 0.05) is 18.3 Å². The first-order valence-corrected chi connectivity index (χ1v) is 6.38. The summed E-state index contributed by atoms with van der Waals surface area (Å²) in [6, 6.07) is 8.92. The van der Waals surface area contributed by atoms with E-state index >= 15 is 0 Å². The lowest BCUT2D eigenvalue weighted by Gasteiger charge is -2.35. The molecular formula is C14H23N3. The van der Waals surface area contributed by atoms with Gasteiger partial charge >= 0.3 is 0 Å². The number of piperidine rings is 1. The minimum Gasteiger partial charge on any atom is -0.399 e. The van der Waals surface area contributed by atoms with Crippen molar-refractivity contribution in [3.8, 4) is 0 Å². The van der Waals surface area contributed by atoms with Crippen LogP contribution in [0.2, 0.25) is 0 Å². The summed E-state index contributed by atoms with van der Waals surface area (Å²) in [7, 11) is 4.42. The van der Waals surface area contributed by atoms with Gasteiger partial charge < -0.3 is 10.6 Å². The van der Waals surface area contributed by atoms with Gasteiger partial charge in [-0.3, -0.25) is 4.90 Å². The van der Waals surface area contributed by atoms with E-state index in [4.69, 9.17) is 5.73 Å². The highest BCUT2D eigenvalue weighted by Crippen LogP contribution is 2.17. The highest BCUT2D eigenvalue weighted by Gasteiger charge is 2.20. The van der Waals surface area contributed by atoms with E-state index in [9.17, 15) is 0 Å². The molecule has 1 aromatic carbocycles. The lowest BCUT2D eigenvalue weighted by molar-refractivity contribution is 0.139. The lowest BCUT2D eigenvalue weighted by atomic mass is 10.0. The van der Waals surface area contributed by atoms with Crippen LogP contribution < -0.4 is 5.73 Å². The third kappa shape index (κ3) is 3.45. The van der Waals surface area contributed by atoms with Crippen molar-refractivity contribution < 1.29 is 0 Å². The maximum Gasteiger partial charge on any atom is 0.0317 e. The second-order valence-electron chi connectivity index (χ2n) is 5.19. The zero-order valence-corrected chi connectivity index (χ0v) is 10.9. The lowest BCUT2D eigenvalue weighted by Crippen LogP contribution is -2.41. The maximum absolute atomic E-state index is 5.81. The molecule has 0 radical (unpaired) electrons. The van der Waals surface area contributed by atoms with Crippen molar-refractivity contribution in [1.29, 1.82) is 0 Å². The molecule has 1 aliphatic rings. The average Bonchev–Trinajstić information content (AvgIpc) is 2.29. The van der Waals surface area contributed by atoms with Gasteiger partial charge in [0.05, 0.1) is 0 Å². The predicted molar refractivity (Wildman–Crippen MR) is 72.8 cm³/mol. The number of likely N-dealkylation sites (tertiary alicyclic amines) is 1. The van der Waals surface area contributed by atoms with Gasteiger partial charge in [0.25, 0.3) is 0 Å². The first kappa shape index (κ1) is 12.4. The molecule has 94 valence electrons. The number of nitrogens with zero attached hydrogens (tertiary/aromatic N) is 2. The van der Waals surface area contributed by atoms with Crippen LogP contribution in [0.3, 0.4) is 0 Å². The second kappa shape index (κ2) is 5.52. The van der Waals surface area contributed by atoms with Crippen LogP contribution in [-0.4, -0.2) is 43.0 Å². The standard InChI is InChI=1S/C14H23N3/c1-16-8-6-14(7-9-16)17(2)11-12-4-3-5-13(15)10-12/h3-5,10,14H,6-9,11,15H2,1-2H3. The molecule has 0 aromatic heterocycles. The highest BCUT2D eigenvalue weighted by atomic mass is 15.2. The van der Waals surface area contributed by atoms with Crippen molar-refractivity contribution in [1.82, 2.24) is 9.80 Å². The first-order valence-electron chi connectivity index (χ1n) is 6.38. The van der Waals surface area contributed by atoms with Crippen molar-refractivity contribution >= 4 is 5.69 Å². The quantitative estimate of drug-likeness (QED) is 0.808. The van der Waals surface area contributed by atoms with Gasteiger partial charge in [-0.15, -0.1) is 0 Å². The predicted octanol–water partition coefficient (Wildman–Crippen LogP) is 1.79. The molecule has 17 heavy (non-hydrogen) atoms. The Labute approximate surface area is 104 Å². The number of hydrogen-bond acceptors (Lipinski definition) is 3. The monoisotopic (exact) mass is 233 g/mol. The normalized spacial score (nSPS) is 18.8. The van der Waals surface area contributed by atoms with Crippen LogP contribution >= 0.6 is 0 Å². The zero-order valence-electron chi connectivity index (χ0n) is 10.9. The molecular weight excluding hydrogens is 210 g/mol. The summed E-state index contributed by atoms with van der Waals surface area (Å²) in [5, 5.41) is 0. The molecule has 1 heterocycles. The van der Waals surface area contributed by atoms with Crippen molar-refractivity contribution in [3.63, 3.8) is 0 Å². The van der Waals surface area contributed by atoms with Crippen molar-refractivity contribution in [2.75, 3.05) is 32.9 Å². The summed E-state index contributed by atoms with van der Waals surface area (Å²) in [5.41, 5.74) is 7.98. The van der Waals surface area contributed by atoms with Crippen molar-refractivity contribution in [2.24, 2.45) is 0 Å². The summed E-state index contributed by atoms with van der Waals surface area (Å²) >= 11 is 0. The molecule has 2 N–H and O–H groups in total. The molecule has 0 unspecified atom stereocenters. The molecule has 3 nitrogen and oxygen atoms in total. The Morgan fingerprint density at radius 1 is 1.35 bits per heavy atom. The van der Waals surface area contributed by atoms with E-state index in [1.165, 1.54) is 31.5 Å². The Hall–Kier alpha value is -1.06. The van der Waals surface area contributed by atoms with E-state index in [-0.39, 0.29) is 0 Å². The Morgan fingerprint density at radius 3 is 2.71 bits per heavy atom. The van der Waals surface area contributed by atoms with E-state index in [1.54, 1.807) is 0 Å². The van der Waals surface area contributed by atoms with Crippen LogP contribution in [0.4, 0.5) is 5.69 Å². The Balaban J connectivity index is 1.90. The average molecular weight is 233 g/mol. The molecule has 0 amide bonds. The first-order chi connectivity index (χ1) is 8.15. The number of hydrogen-bond donors (Lipinski definition) is 1. The van der Waals surface area contributed by atoms with Gasteiger partial charge in [0.2, 0.25) is 0 Å². The summed E-state index contributed by atoms with van der Waals surface area (Å²) in [5.74, 6) is 0. The second-order valence-corrected chi connectivity index (χ2v) is 5.19. The van der Waals surface area contributed by atoms with E-state index in [0.29, 0.717) is 6.04 Å². The molecule has 3 heteroatoms. The van der Waals surface area contributed by atoms with E-state index in [2.05, 4.69) is 36.0 Å². The van der Waals surface area contributed by atoms with E-state index < -0.39 is 0 Å². The molecule has 0 aliphatic carbocycles. The van der Waals surface area contributed by atoms with Crippen LogP contribution in [0.15, 0.2) is 24.3 Å². The number of nitrogen functional groups attached to an aromatic ring is 1.